The molecule has 0 fully saturated rings. The van der Waals surface area contributed by atoms with Gasteiger partial charge in [-0.3, -0.25) is 4.79 Å². The fourth-order valence-electron chi connectivity index (χ4n) is 2.52. The molecule has 2 aromatic rings. The summed E-state index contributed by atoms with van der Waals surface area (Å²) in [6.07, 6.45) is 5.35. The van der Waals surface area contributed by atoms with Crippen molar-refractivity contribution in [1.29, 1.82) is 0 Å². The maximum atomic E-state index is 13.9. The molecule has 114 valence electrons. The highest BCUT2D eigenvalue weighted by molar-refractivity contribution is 7.20. The number of phenolic OH excluding ortho intramolecular Hbond substituents is 1. The molecule has 0 radical (unpaired) electrons. The van der Waals surface area contributed by atoms with E-state index in [0.29, 0.717) is 10.9 Å². The van der Waals surface area contributed by atoms with Gasteiger partial charge in [0.05, 0.1) is 5.56 Å². The third-order valence-corrected chi connectivity index (χ3v) is 4.94. The second-order valence-corrected chi connectivity index (χ2v) is 6.59. The third-order valence-electron chi connectivity index (χ3n) is 3.72. The molecule has 1 aromatic heterocycles. The van der Waals surface area contributed by atoms with Gasteiger partial charge in [-0.25, -0.2) is 4.39 Å². The van der Waals surface area contributed by atoms with Crippen LogP contribution in [0, 0.1) is 0 Å². The number of hydrogen-bond donors (Lipinski definition) is 2. The van der Waals surface area contributed by atoms with Gasteiger partial charge < -0.3 is 10.4 Å². The predicted octanol–water partition coefficient (Wildman–Crippen LogP) is 4.04. The number of thiophene rings is 1. The van der Waals surface area contributed by atoms with Crippen molar-refractivity contribution < 1.29 is 14.3 Å². The predicted molar refractivity (Wildman–Crippen MR) is 88.1 cm³/mol. The van der Waals surface area contributed by atoms with Crippen LogP contribution in [0.1, 0.15) is 28.6 Å². The van der Waals surface area contributed by atoms with E-state index in [2.05, 4.69) is 5.32 Å². The topological polar surface area (TPSA) is 49.3 Å². The van der Waals surface area contributed by atoms with Crippen molar-refractivity contribution in [3.8, 4) is 5.75 Å². The molecule has 0 bridgehead atoms. The summed E-state index contributed by atoms with van der Waals surface area (Å²) in [5, 5.41) is 13.0. The number of carbonyl (C=O) groups excluding carboxylic acids is 1. The van der Waals surface area contributed by atoms with Gasteiger partial charge in [-0.05, 0) is 36.8 Å². The fourth-order valence-corrected chi connectivity index (χ4v) is 3.72. The summed E-state index contributed by atoms with van der Waals surface area (Å²) in [4.78, 5) is 13.1. The van der Waals surface area contributed by atoms with Crippen LogP contribution in [0.25, 0.3) is 15.7 Å². The number of amides is 1. The number of phenols is 1. The van der Waals surface area contributed by atoms with Crippen LogP contribution >= 0.6 is 11.3 Å². The third kappa shape index (κ3) is 2.52. The molecule has 2 N–H and O–H groups in total. The normalized spacial score (nSPS) is 21.0. The van der Waals surface area contributed by atoms with E-state index in [-0.39, 0.29) is 18.1 Å². The minimum atomic E-state index is -1.34. The summed E-state index contributed by atoms with van der Waals surface area (Å²) in [6.45, 7) is 1.53. The highest BCUT2D eigenvalue weighted by Gasteiger charge is 2.25. The zero-order chi connectivity index (χ0) is 15.9. The Morgan fingerprint density at radius 2 is 2.23 bits per heavy atom. The lowest BCUT2D eigenvalue weighted by Gasteiger charge is -2.18. The van der Waals surface area contributed by atoms with Crippen molar-refractivity contribution in [2.45, 2.75) is 19.0 Å². The molecular weight excluding hydrogens is 301 g/mol. The van der Waals surface area contributed by atoms with Crippen LogP contribution in [-0.2, 0) is 0 Å². The molecule has 1 aromatic carbocycles. The summed E-state index contributed by atoms with van der Waals surface area (Å²) >= 11 is 1.47. The smallest absolute Gasteiger partial charge is 0.253 e. The van der Waals surface area contributed by atoms with Crippen molar-refractivity contribution >= 4 is 32.9 Å². The van der Waals surface area contributed by atoms with Crippen LogP contribution < -0.4 is 5.32 Å². The summed E-state index contributed by atoms with van der Waals surface area (Å²) in [5.74, 6) is -0.0961. The number of benzene rings is 1. The molecule has 0 saturated heterocycles. The van der Waals surface area contributed by atoms with E-state index in [1.165, 1.54) is 24.3 Å². The Morgan fingerprint density at radius 1 is 1.45 bits per heavy atom. The SMILES string of the molecule is CNC(=O)c1c(C2=CCC(C)(F)C=C2)sc2ccc(O)cc12. The lowest BCUT2D eigenvalue weighted by atomic mass is 9.93. The van der Waals surface area contributed by atoms with E-state index in [1.807, 2.05) is 6.08 Å². The maximum absolute atomic E-state index is 13.9. The van der Waals surface area contributed by atoms with E-state index >= 15 is 0 Å². The zero-order valence-electron chi connectivity index (χ0n) is 12.3. The molecule has 1 atom stereocenters. The minimum Gasteiger partial charge on any atom is -0.508 e. The molecule has 1 heterocycles. The maximum Gasteiger partial charge on any atom is 0.253 e. The number of carbonyl (C=O) groups is 1. The average molecular weight is 317 g/mol. The molecule has 1 aliphatic carbocycles. The average Bonchev–Trinajstić information content (AvgIpc) is 2.85. The highest BCUT2D eigenvalue weighted by Crippen LogP contribution is 2.40. The van der Waals surface area contributed by atoms with E-state index in [1.54, 1.807) is 31.3 Å². The van der Waals surface area contributed by atoms with Gasteiger partial charge >= 0.3 is 0 Å². The van der Waals surface area contributed by atoms with Crippen LogP contribution in [0.3, 0.4) is 0 Å². The second kappa shape index (κ2) is 5.25. The van der Waals surface area contributed by atoms with Gasteiger partial charge in [0.25, 0.3) is 5.91 Å². The summed E-state index contributed by atoms with van der Waals surface area (Å²) in [6, 6.07) is 4.98. The summed E-state index contributed by atoms with van der Waals surface area (Å²) in [7, 11) is 1.57. The van der Waals surface area contributed by atoms with Crippen LogP contribution in [0.15, 0.2) is 36.4 Å². The molecule has 5 heteroatoms. The molecule has 22 heavy (non-hydrogen) atoms. The Kier molecular flexibility index (Phi) is 3.53. The van der Waals surface area contributed by atoms with E-state index in [0.717, 1.165) is 15.2 Å². The van der Waals surface area contributed by atoms with E-state index in [9.17, 15) is 14.3 Å². The van der Waals surface area contributed by atoms with Crippen molar-refractivity contribution in [1.82, 2.24) is 5.32 Å². The van der Waals surface area contributed by atoms with Gasteiger partial charge in [-0.15, -0.1) is 11.3 Å². The molecular formula is C17H16FNO2S. The van der Waals surface area contributed by atoms with Crippen molar-refractivity contribution in [2.24, 2.45) is 0 Å². The fraction of sp³-hybridized carbons (Fsp3) is 0.235. The van der Waals surface area contributed by atoms with Gasteiger partial charge in [0.2, 0.25) is 0 Å². The lowest BCUT2D eigenvalue weighted by molar-refractivity contribution is 0.0965. The Hall–Kier alpha value is -2.14. The standard InChI is InChI=1S/C17H16FNO2S/c1-17(18)7-5-10(6-8-17)15-14(16(21)19-2)12-9-11(20)3-4-13(12)22-15/h3-7,9,20H,8H2,1-2H3,(H,19,21). The number of allylic oxidation sites excluding steroid dienone is 4. The van der Waals surface area contributed by atoms with Crippen molar-refractivity contribution in [3.05, 3.63) is 46.9 Å². The van der Waals surface area contributed by atoms with Gasteiger partial charge in [-0.2, -0.15) is 0 Å². The minimum absolute atomic E-state index is 0.117. The molecule has 1 unspecified atom stereocenters. The largest absolute Gasteiger partial charge is 0.508 e. The van der Waals surface area contributed by atoms with Gasteiger partial charge in [0, 0.05) is 28.4 Å². The first-order valence-corrected chi connectivity index (χ1v) is 7.79. The Morgan fingerprint density at radius 3 is 2.86 bits per heavy atom. The summed E-state index contributed by atoms with van der Waals surface area (Å²) in [5.41, 5.74) is 0.0252. The van der Waals surface area contributed by atoms with Crippen molar-refractivity contribution in [2.75, 3.05) is 7.05 Å². The number of alkyl halides is 1. The number of nitrogens with one attached hydrogen (secondary N) is 1. The molecule has 0 saturated carbocycles. The van der Waals surface area contributed by atoms with Gasteiger partial charge in [0.15, 0.2) is 0 Å². The van der Waals surface area contributed by atoms with E-state index in [4.69, 9.17) is 0 Å². The number of hydrogen-bond acceptors (Lipinski definition) is 3. The molecule has 0 spiro atoms. The molecule has 1 amide bonds. The summed E-state index contributed by atoms with van der Waals surface area (Å²) < 4.78 is 14.8. The first-order valence-electron chi connectivity index (χ1n) is 6.97. The van der Waals surface area contributed by atoms with Crippen LogP contribution in [0.2, 0.25) is 0 Å². The van der Waals surface area contributed by atoms with Gasteiger partial charge in [-0.1, -0.05) is 12.2 Å². The molecule has 3 nitrogen and oxygen atoms in total. The molecule has 1 aliphatic rings. The van der Waals surface area contributed by atoms with Crippen molar-refractivity contribution in [3.63, 3.8) is 0 Å². The second-order valence-electron chi connectivity index (χ2n) is 5.54. The van der Waals surface area contributed by atoms with Gasteiger partial charge in [0.1, 0.15) is 11.4 Å². The van der Waals surface area contributed by atoms with Crippen LogP contribution in [0.4, 0.5) is 4.39 Å². The molecule has 0 aliphatic heterocycles. The lowest BCUT2D eigenvalue weighted by Crippen LogP contribution is -2.19. The Bertz CT molecular complexity index is 817. The Balaban J connectivity index is 2.20. The number of halogens is 1. The Labute approximate surface area is 131 Å². The first-order chi connectivity index (χ1) is 10.4. The van der Waals surface area contributed by atoms with Crippen LogP contribution in [0.5, 0.6) is 5.75 Å². The van der Waals surface area contributed by atoms with Crippen LogP contribution in [-0.4, -0.2) is 23.7 Å². The number of fused-ring (bicyclic) bond motifs is 1. The van der Waals surface area contributed by atoms with E-state index < -0.39 is 5.67 Å². The number of rotatable bonds is 2. The number of aromatic hydroxyl groups is 1. The molecule has 3 rings (SSSR count). The quantitative estimate of drug-likeness (QED) is 0.878. The zero-order valence-corrected chi connectivity index (χ0v) is 13.1. The highest BCUT2D eigenvalue weighted by atomic mass is 32.1. The monoisotopic (exact) mass is 317 g/mol. The first kappa shape index (κ1) is 14.8.